The molecule has 2 aliphatic rings. The molecule has 1 N–H and O–H groups in total. The van der Waals surface area contributed by atoms with E-state index < -0.39 is 17.7 Å². The molecule has 0 aliphatic heterocycles. The molecule has 2 aliphatic carbocycles. The van der Waals surface area contributed by atoms with Crippen LogP contribution in [0.4, 0.5) is 8.78 Å². The summed E-state index contributed by atoms with van der Waals surface area (Å²) < 4.78 is 27.3. The standard InChI is InChI=1S/C15H18F2O/c1-8-6-13(17)11(7-12(8)16)15(18)14-9-4-2-3-5-10(9)14/h6-7,9-10,14-15,18H,2-5H2,1H3. The van der Waals surface area contributed by atoms with Crippen LogP contribution in [0.3, 0.4) is 0 Å². The number of hydrogen-bond acceptors (Lipinski definition) is 1. The molecule has 0 heterocycles. The van der Waals surface area contributed by atoms with Gasteiger partial charge < -0.3 is 5.11 Å². The molecular weight excluding hydrogens is 234 g/mol. The second-order valence-electron chi connectivity index (χ2n) is 5.76. The van der Waals surface area contributed by atoms with Crippen LogP contribution in [0, 0.1) is 36.3 Å². The Hall–Kier alpha value is -0.960. The summed E-state index contributed by atoms with van der Waals surface area (Å²) in [6, 6.07) is 2.35. The van der Waals surface area contributed by atoms with Gasteiger partial charge in [-0.2, -0.15) is 0 Å². The van der Waals surface area contributed by atoms with Gasteiger partial charge in [-0.25, -0.2) is 8.78 Å². The van der Waals surface area contributed by atoms with Crippen LogP contribution in [0.15, 0.2) is 12.1 Å². The zero-order chi connectivity index (χ0) is 12.9. The van der Waals surface area contributed by atoms with E-state index in [9.17, 15) is 13.9 Å². The lowest BCUT2D eigenvalue weighted by molar-refractivity contribution is 0.137. The van der Waals surface area contributed by atoms with E-state index in [0.29, 0.717) is 11.8 Å². The molecule has 2 fully saturated rings. The van der Waals surface area contributed by atoms with E-state index in [0.717, 1.165) is 12.8 Å². The number of rotatable bonds is 2. The topological polar surface area (TPSA) is 20.2 Å². The predicted molar refractivity (Wildman–Crippen MR) is 65.0 cm³/mol. The van der Waals surface area contributed by atoms with Crippen molar-refractivity contribution in [1.29, 1.82) is 0 Å². The number of aliphatic hydroxyl groups is 1. The monoisotopic (exact) mass is 252 g/mol. The van der Waals surface area contributed by atoms with Gasteiger partial charge in [-0.1, -0.05) is 12.8 Å². The lowest BCUT2D eigenvalue weighted by Crippen LogP contribution is -2.06. The second-order valence-corrected chi connectivity index (χ2v) is 5.76. The number of aryl methyl sites for hydroxylation is 1. The lowest BCUT2D eigenvalue weighted by Gasteiger charge is -2.13. The molecule has 1 nitrogen and oxygen atoms in total. The van der Waals surface area contributed by atoms with Crippen molar-refractivity contribution in [3.8, 4) is 0 Å². The Morgan fingerprint density at radius 1 is 1.11 bits per heavy atom. The van der Waals surface area contributed by atoms with E-state index in [4.69, 9.17) is 0 Å². The van der Waals surface area contributed by atoms with Gasteiger partial charge in [-0.15, -0.1) is 0 Å². The first-order chi connectivity index (χ1) is 8.59. The summed E-state index contributed by atoms with van der Waals surface area (Å²) in [5, 5.41) is 10.3. The largest absolute Gasteiger partial charge is 0.388 e. The molecule has 3 heteroatoms. The van der Waals surface area contributed by atoms with Crippen LogP contribution in [-0.2, 0) is 0 Å². The zero-order valence-corrected chi connectivity index (χ0v) is 10.5. The van der Waals surface area contributed by atoms with Gasteiger partial charge in [0.1, 0.15) is 11.6 Å². The number of hydrogen-bond donors (Lipinski definition) is 1. The van der Waals surface area contributed by atoms with Crippen LogP contribution < -0.4 is 0 Å². The number of halogens is 2. The first kappa shape index (κ1) is 12.1. The maximum Gasteiger partial charge on any atom is 0.129 e. The average Bonchev–Trinajstić information content (AvgIpc) is 3.07. The Kier molecular flexibility index (Phi) is 2.89. The Morgan fingerprint density at radius 2 is 1.72 bits per heavy atom. The van der Waals surface area contributed by atoms with Crippen LogP contribution in [-0.4, -0.2) is 5.11 Å². The van der Waals surface area contributed by atoms with Crippen molar-refractivity contribution in [1.82, 2.24) is 0 Å². The molecule has 3 atom stereocenters. The van der Waals surface area contributed by atoms with Gasteiger partial charge >= 0.3 is 0 Å². The van der Waals surface area contributed by atoms with E-state index in [1.54, 1.807) is 0 Å². The van der Waals surface area contributed by atoms with E-state index in [2.05, 4.69) is 0 Å². The molecule has 2 saturated carbocycles. The fourth-order valence-electron chi connectivity index (χ4n) is 3.61. The van der Waals surface area contributed by atoms with Gasteiger partial charge in [0.05, 0.1) is 6.10 Å². The number of benzene rings is 1. The molecule has 0 radical (unpaired) electrons. The normalized spacial score (nSPS) is 31.9. The highest BCUT2D eigenvalue weighted by molar-refractivity contribution is 5.28. The first-order valence-electron chi connectivity index (χ1n) is 6.73. The molecule has 98 valence electrons. The van der Waals surface area contributed by atoms with Crippen molar-refractivity contribution >= 4 is 0 Å². The van der Waals surface area contributed by atoms with Crippen LogP contribution in [0.5, 0.6) is 0 Å². The van der Waals surface area contributed by atoms with Crippen LogP contribution in [0.25, 0.3) is 0 Å². The van der Waals surface area contributed by atoms with E-state index in [1.807, 2.05) is 0 Å². The summed E-state index contributed by atoms with van der Waals surface area (Å²) >= 11 is 0. The minimum atomic E-state index is -0.840. The van der Waals surface area contributed by atoms with Gasteiger partial charge in [0.15, 0.2) is 0 Å². The van der Waals surface area contributed by atoms with E-state index in [-0.39, 0.29) is 17.0 Å². The lowest BCUT2D eigenvalue weighted by atomic mass is 10.0. The quantitative estimate of drug-likeness (QED) is 0.850. The Labute approximate surface area is 106 Å². The third-order valence-electron chi connectivity index (χ3n) is 4.68. The third kappa shape index (κ3) is 1.85. The zero-order valence-electron chi connectivity index (χ0n) is 10.5. The molecule has 0 bridgehead atoms. The maximum absolute atomic E-state index is 13.8. The van der Waals surface area contributed by atoms with Crippen molar-refractivity contribution in [3.05, 3.63) is 34.9 Å². The molecule has 3 rings (SSSR count). The fourth-order valence-corrected chi connectivity index (χ4v) is 3.61. The summed E-state index contributed by atoms with van der Waals surface area (Å²) in [5.41, 5.74) is 0.425. The van der Waals surface area contributed by atoms with Crippen LogP contribution in [0.1, 0.15) is 42.9 Å². The smallest absolute Gasteiger partial charge is 0.129 e. The molecule has 0 amide bonds. The van der Waals surface area contributed by atoms with Gasteiger partial charge in [-0.05, 0) is 55.2 Å². The van der Waals surface area contributed by atoms with Crippen molar-refractivity contribution < 1.29 is 13.9 Å². The van der Waals surface area contributed by atoms with Gasteiger partial charge in [0.2, 0.25) is 0 Å². The summed E-state index contributed by atoms with van der Waals surface area (Å²) in [5.74, 6) is 0.276. The van der Waals surface area contributed by atoms with Crippen molar-refractivity contribution in [2.45, 2.75) is 38.7 Å². The Morgan fingerprint density at radius 3 is 2.33 bits per heavy atom. The molecule has 0 aromatic heterocycles. The summed E-state index contributed by atoms with van der Waals surface area (Å²) in [6.07, 6.45) is 3.82. The molecular formula is C15H18F2O. The minimum absolute atomic E-state index is 0.137. The van der Waals surface area contributed by atoms with Crippen LogP contribution in [0.2, 0.25) is 0 Å². The maximum atomic E-state index is 13.8. The minimum Gasteiger partial charge on any atom is -0.388 e. The van der Waals surface area contributed by atoms with Gasteiger partial charge in [-0.3, -0.25) is 0 Å². The number of aliphatic hydroxyl groups excluding tert-OH is 1. The summed E-state index contributed by atoms with van der Waals surface area (Å²) in [6.45, 7) is 1.53. The van der Waals surface area contributed by atoms with Gasteiger partial charge in [0, 0.05) is 5.56 Å². The fraction of sp³-hybridized carbons (Fsp3) is 0.600. The van der Waals surface area contributed by atoms with Crippen LogP contribution >= 0.6 is 0 Å². The molecule has 18 heavy (non-hydrogen) atoms. The Balaban J connectivity index is 1.85. The molecule has 1 aromatic carbocycles. The molecule has 3 unspecified atom stereocenters. The van der Waals surface area contributed by atoms with E-state index >= 15 is 0 Å². The van der Waals surface area contributed by atoms with Crippen molar-refractivity contribution in [3.63, 3.8) is 0 Å². The SMILES string of the molecule is Cc1cc(F)c(C(O)C2C3CCCCC32)cc1F. The molecule has 0 spiro atoms. The highest BCUT2D eigenvalue weighted by Crippen LogP contribution is 2.60. The Bertz CT molecular complexity index is 460. The van der Waals surface area contributed by atoms with Crippen molar-refractivity contribution in [2.75, 3.05) is 0 Å². The van der Waals surface area contributed by atoms with Crippen molar-refractivity contribution in [2.24, 2.45) is 17.8 Å². The molecule has 1 aromatic rings. The second kappa shape index (κ2) is 4.30. The summed E-state index contributed by atoms with van der Waals surface area (Å²) in [4.78, 5) is 0. The van der Waals surface area contributed by atoms with E-state index in [1.165, 1.54) is 31.9 Å². The number of fused-ring (bicyclic) bond motifs is 1. The predicted octanol–water partition coefficient (Wildman–Crippen LogP) is 3.74. The average molecular weight is 252 g/mol. The summed E-state index contributed by atoms with van der Waals surface area (Å²) in [7, 11) is 0. The van der Waals surface area contributed by atoms with Gasteiger partial charge in [0.25, 0.3) is 0 Å². The third-order valence-corrected chi connectivity index (χ3v) is 4.68. The molecule has 0 saturated heterocycles. The highest BCUT2D eigenvalue weighted by atomic mass is 19.1. The highest BCUT2D eigenvalue weighted by Gasteiger charge is 2.54. The first-order valence-corrected chi connectivity index (χ1v) is 6.73.